The molecule has 3 aliphatic heterocycles. The molecule has 4 heterocycles. The van der Waals surface area contributed by atoms with Crippen LogP contribution in [0, 0.1) is 5.41 Å². The van der Waals surface area contributed by atoms with Gasteiger partial charge in [0.25, 0.3) is 0 Å². The third-order valence-corrected chi connectivity index (χ3v) is 11.7. The number of carbonyl (C=O) groups is 2. The first-order chi connectivity index (χ1) is 22.0. The van der Waals surface area contributed by atoms with Crippen molar-refractivity contribution < 1.29 is 23.8 Å². The Morgan fingerprint density at radius 1 is 0.911 bits per heavy atom. The molecule has 1 aromatic heterocycles. The number of hydrogen-bond donors (Lipinski definition) is 0. The third-order valence-electron chi connectivity index (χ3n) is 11.7. The van der Waals surface area contributed by atoms with Gasteiger partial charge in [-0.3, -0.25) is 9.69 Å². The molecule has 0 radical (unpaired) electrons. The Morgan fingerprint density at radius 3 is 2.42 bits per heavy atom. The number of morpholine rings is 1. The first kappa shape index (κ1) is 29.1. The molecule has 0 bridgehead atoms. The zero-order valence-electron chi connectivity index (χ0n) is 26.7. The highest BCUT2D eigenvalue weighted by atomic mass is 16.5. The van der Waals surface area contributed by atoms with E-state index in [1.54, 1.807) is 7.11 Å². The highest BCUT2D eigenvalue weighted by Crippen LogP contribution is 2.66. The maximum Gasteiger partial charge on any atom is 0.337 e. The molecule has 1 amide bonds. The van der Waals surface area contributed by atoms with Crippen molar-refractivity contribution >= 4 is 22.8 Å². The molecule has 5 aliphatic rings. The molecule has 4 fully saturated rings. The lowest BCUT2D eigenvalue weighted by Gasteiger charge is -2.41. The highest BCUT2D eigenvalue weighted by Gasteiger charge is 2.64. The minimum atomic E-state index is -0.505. The van der Waals surface area contributed by atoms with Crippen LogP contribution in [0.15, 0.2) is 36.4 Å². The van der Waals surface area contributed by atoms with Gasteiger partial charge in [-0.15, -0.1) is 0 Å². The Hall–Kier alpha value is -3.36. The minimum absolute atomic E-state index is 0.144. The quantitative estimate of drug-likeness (QED) is 0.332. The molecule has 45 heavy (non-hydrogen) atoms. The summed E-state index contributed by atoms with van der Waals surface area (Å²) in [6.45, 7) is 5.83. The number of rotatable bonds is 5. The van der Waals surface area contributed by atoms with Crippen LogP contribution < -0.4 is 4.74 Å². The molecule has 0 spiro atoms. The van der Waals surface area contributed by atoms with Crippen LogP contribution in [0.5, 0.6) is 5.75 Å². The number of ether oxygens (including phenoxy) is 3. The Kier molecular flexibility index (Phi) is 7.40. The predicted molar refractivity (Wildman–Crippen MR) is 173 cm³/mol. The topological polar surface area (TPSA) is 73.2 Å². The number of esters is 1. The number of amides is 1. The van der Waals surface area contributed by atoms with Crippen LogP contribution in [-0.4, -0.2) is 85.9 Å². The van der Waals surface area contributed by atoms with Gasteiger partial charge in [0.1, 0.15) is 5.75 Å². The van der Waals surface area contributed by atoms with E-state index in [9.17, 15) is 9.59 Å². The van der Waals surface area contributed by atoms with Crippen molar-refractivity contribution in [2.24, 2.45) is 5.41 Å². The van der Waals surface area contributed by atoms with Crippen molar-refractivity contribution in [2.45, 2.75) is 75.8 Å². The zero-order chi connectivity index (χ0) is 30.7. The molecule has 2 atom stereocenters. The Labute approximate surface area is 265 Å². The zero-order valence-corrected chi connectivity index (χ0v) is 26.7. The van der Waals surface area contributed by atoms with Crippen LogP contribution in [0.4, 0.5) is 0 Å². The van der Waals surface area contributed by atoms with Crippen LogP contribution >= 0.6 is 0 Å². The van der Waals surface area contributed by atoms with E-state index in [0.29, 0.717) is 30.0 Å². The summed E-state index contributed by atoms with van der Waals surface area (Å²) >= 11 is 0. The van der Waals surface area contributed by atoms with Crippen LogP contribution in [0.2, 0.25) is 0 Å². The fourth-order valence-corrected chi connectivity index (χ4v) is 9.22. The minimum Gasteiger partial charge on any atom is -0.497 e. The second-order valence-corrected chi connectivity index (χ2v) is 13.9. The summed E-state index contributed by atoms with van der Waals surface area (Å²) in [4.78, 5) is 32.2. The van der Waals surface area contributed by atoms with Crippen molar-refractivity contribution in [2.75, 3.05) is 53.6 Å². The molecule has 2 saturated heterocycles. The lowest BCUT2D eigenvalue weighted by atomic mass is 9.81. The summed E-state index contributed by atoms with van der Waals surface area (Å²) in [6, 6.07) is 13.1. The van der Waals surface area contributed by atoms with Gasteiger partial charge in [-0.1, -0.05) is 25.3 Å². The largest absolute Gasteiger partial charge is 0.497 e. The van der Waals surface area contributed by atoms with Crippen molar-refractivity contribution in [1.82, 2.24) is 14.4 Å². The molecular weight excluding hydrogens is 566 g/mol. The van der Waals surface area contributed by atoms with Gasteiger partial charge >= 0.3 is 5.97 Å². The fourth-order valence-electron chi connectivity index (χ4n) is 9.22. The molecule has 2 unspecified atom stereocenters. The molecule has 0 N–H and O–H groups in total. The number of piperidine rings is 1. The molecule has 2 saturated carbocycles. The fraction of sp³-hybridized carbons (Fsp3) is 0.568. The van der Waals surface area contributed by atoms with Crippen molar-refractivity contribution in [3.8, 4) is 17.0 Å². The van der Waals surface area contributed by atoms with Gasteiger partial charge in [0.05, 0.1) is 44.1 Å². The number of fused-ring (bicyclic) bond motifs is 7. The van der Waals surface area contributed by atoms with E-state index >= 15 is 0 Å². The smallest absolute Gasteiger partial charge is 0.337 e. The van der Waals surface area contributed by atoms with Gasteiger partial charge in [0, 0.05) is 61.1 Å². The molecule has 8 heteroatoms. The molecule has 238 valence electrons. The maximum atomic E-state index is 14.8. The van der Waals surface area contributed by atoms with Gasteiger partial charge in [-0.25, -0.2) is 4.79 Å². The van der Waals surface area contributed by atoms with Gasteiger partial charge in [-0.05, 0) is 79.5 Å². The average molecular weight is 612 g/mol. The first-order valence-electron chi connectivity index (χ1n) is 17.1. The van der Waals surface area contributed by atoms with E-state index in [4.69, 9.17) is 14.2 Å². The summed E-state index contributed by atoms with van der Waals surface area (Å²) in [5, 5.41) is 1.21. The van der Waals surface area contributed by atoms with Gasteiger partial charge < -0.3 is 23.7 Å². The maximum absolute atomic E-state index is 14.8. The molecule has 8 rings (SSSR count). The Bertz CT molecular complexity index is 1630. The Morgan fingerprint density at radius 2 is 1.69 bits per heavy atom. The van der Waals surface area contributed by atoms with Crippen molar-refractivity contribution in [3.63, 3.8) is 0 Å². The first-order valence-corrected chi connectivity index (χ1v) is 17.1. The van der Waals surface area contributed by atoms with E-state index in [1.165, 1.54) is 67.0 Å². The normalized spacial score (nSPS) is 25.6. The van der Waals surface area contributed by atoms with Gasteiger partial charge in [0.2, 0.25) is 5.91 Å². The predicted octanol–water partition coefficient (Wildman–Crippen LogP) is 5.96. The van der Waals surface area contributed by atoms with Crippen molar-refractivity contribution in [3.05, 3.63) is 53.1 Å². The third kappa shape index (κ3) is 4.78. The summed E-state index contributed by atoms with van der Waals surface area (Å²) in [5.41, 5.74) is 6.17. The number of aromatic nitrogens is 1. The van der Waals surface area contributed by atoms with Crippen LogP contribution in [0.3, 0.4) is 0 Å². The Balaban J connectivity index is 1.23. The highest BCUT2D eigenvalue weighted by molar-refractivity contribution is 6.00. The average Bonchev–Trinajstić information content (AvgIpc) is 3.78. The summed E-state index contributed by atoms with van der Waals surface area (Å²) in [7, 11) is 3.16. The van der Waals surface area contributed by atoms with Crippen LogP contribution in [-0.2, 0) is 20.8 Å². The molecule has 3 aromatic rings. The molecule has 2 aliphatic carbocycles. The number of benzene rings is 2. The second kappa shape index (κ2) is 11.5. The lowest BCUT2D eigenvalue weighted by Crippen LogP contribution is -2.51. The summed E-state index contributed by atoms with van der Waals surface area (Å²) in [5.74, 6) is 1.40. The molecule has 2 aromatic carbocycles. The number of carbonyl (C=O) groups excluding carboxylic acids is 2. The molecule has 8 nitrogen and oxygen atoms in total. The summed E-state index contributed by atoms with van der Waals surface area (Å²) < 4.78 is 18.9. The number of likely N-dealkylation sites (tertiary alicyclic amines) is 1. The van der Waals surface area contributed by atoms with Crippen molar-refractivity contribution in [1.29, 1.82) is 0 Å². The van der Waals surface area contributed by atoms with Gasteiger partial charge in [-0.2, -0.15) is 0 Å². The van der Waals surface area contributed by atoms with E-state index < -0.39 is 5.41 Å². The number of methoxy groups -OCH3 is 2. The van der Waals surface area contributed by atoms with E-state index in [0.717, 1.165) is 69.9 Å². The van der Waals surface area contributed by atoms with E-state index in [1.807, 2.05) is 12.1 Å². The second-order valence-electron chi connectivity index (χ2n) is 13.9. The number of nitrogens with zero attached hydrogens (tertiary/aromatic N) is 3. The standard InChI is InChI=1S/C37H45N3O5/c1-43-27-9-11-28-30(21-27)31-22-37(31,36(42)39-14-12-26(13-15-39)38-16-18-45-19-17-38)23-40-32-20-25(35(41)44-2)8-10-29(32)33(34(28)40)24-6-4-3-5-7-24/h8-11,20-21,24,26,31H,3-7,12-19,22-23H2,1-2H3. The SMILES string of the molecule is COC(=O)c1ccc2c(C3CCCCC3)c3n(c2c1)CC1(C(=O)N2CCC(N4CCOCC4)CC2)CC1c1cc(OC)ccc1-3. The monoisotopic (exact) mass is 611 g/mol. The van der Waals surface area contributed by atoms with Crippen LogP contribution in [0.1, 0.15) is 84.7 Å². The summed E-state index contributed by atoms with van der Waals surface area (Å²) in [6.07, 6.45) is 8.96. The van der Waals surface area contributed by atoms with E-state index in [2.05, 4.69) is 38.6 Å². The lowest BCUT2D eigenvalue weighted by molar-refractivity contribution is -0.139. The number of hydrogen-bond acceptors (Lipinski definition) is 6. The van der Waals surface area contributed by atoms with Gasteiger partial charge in [0.15, 0.2) is 0 Å². The van der Waals surface area contributed by atoms with E-state index in [-0.39, 0.29) is 11.9 Å². The molecular formula is C37H45N3O5. The van der Waals surface area contributed by atoms with Crippen LogP contribution in [0.25, 0.3) is 22.2 Å².